The van der Waals surface area contributed by atoms with Gasteiger partial charge >= 0.3 is 0 Å². The minimum absolute atomic E-state index is 0.0165. The molecule has 0 saturated heterocycles. The van der Waals surface area contributed by atoms with E-state index in [1.165, 1.54) is 6.26 Å². The molecule has 3 nitrogen and oxygen atoms in total. The molecule has 1 rings (SSSR count). The molecule has 96 valence electrons. The van der Waals surface area contributed by atoms with E-state index in [2.05, 4.69) is 5.32 Å². The zero-order chi connectivity index (χ0) is 13.1. The van der Waals surface area contributed by atoms with Crippen molar-refractivity contribution in [3.05, 3.63) is 34.3 Å². The van der Waals surface area contributed by atoms with Crippen molar-refractivity contribution in [1.82, 2.24) is 5.32 Å². The van der Waals surface area contributed by atoms with E-state index in [-0.39, 0.29) is 11.8 Å². The van der Waals surface area contributed by atoms with Crippen molar-refractivity contribution in [1.29, 1.82) is 0 Å². The molecule has 1 aromatic rings. The zero-order valence-electron chi connectivity index (χ0n) is 10.3. The molecule has 1 unspecified atom stereocenters. The molecule has 17 heavy (non-hydrogen) atoms. The number of sulfone groups is 1. The smallest absolute Gasteiger partial charge is 0.147 e. The largest absolute Gasteiger partial charge is 0.313 e. The van der Waals surface area contributed by atoms with Crippen molar-refractivity contribution >= 4 is 21.4 Å². The topological polar surface area (TPSA) is 46.2 Å². The van der Waals surface area contributed by atoms with Crippen LogP contribution < -0.4 is 5.32 Å². The Kier molecular flexibility index (Phi) is 4.98. The van der Waals surface area contributed by atoms with Gasteiger partial charge in [-0.3, -0.25) is 0 Å². The van der Waals surface area contributed by atoms with E-state index in [1.54, 1.807) is 0 Å². The highest BCUT2D eigenvalue weighted by molar-refractivity contribution is 7.90. The fraction of sp³-hybridized carbons (Fsp3) is 0.500. The van der Waals surface area contributed by atoms with Gasteiger partial charge in [-0.2, -0.15) is 0 Å². The van der Waals surface area contributed by atoms with E-state index in [9.17, 15) is 8.42 Å². The van der Waals surface area contributed by atoms with E-state index in [1.807, 2.05) is 32.2 Å². The Labute approximate surface area is 108 Å². The van der Waals surface area contributed by atoms with Crippen LogP contribution in [-0.2, 0) is 9.84 Å². The first-order valence-corrected chi connectivity index (χ1v) is 7.88. The van der Waals surface area contributed by atoms with Gasteiger partial charge in [-0.05, 0) is 37.6 Å². The summed E-state index contributed by atoms with van der Waals surface area (Å²) in [6, 6.07) is 5.83. The first-order chi connectivity index (χ1) is 7.83. The van der Waals surface area contributed by atoms with Crippen molar-refractivity contribution < 1.29 is 8.42 Å². The Morgan fingerprint density at radius 1 is 1.41 bits per heavy atom. The highest BCUT2D eigenvalue weighted by Gasteiger charge is 2.13. The molecular weight excluding hydrogens is 258 g/mol. The molecule has 0 radical (unpaired) electrons. The Balaban J connectivity index is 2.83. The summed E-state index contributed by atoms with van der Waals surface area (Å²) in [5.74, 6) is 0.171. The first kappa shape index (κ1) is 14.5. The number of benzene rings is 1. The predicted octanol–water partition coefficient (Wildman–Crippen LogP) is 2.34. The van der Waals surface area contributed by atoms with Gasteiger partial charge in [0.2, 0.25) is 0 Å². The van der Waals surface area contributed by atoms with Crippen LogP contribution in [-0.4, -0.2) is 27.5 Å². The van der Waals surface area contributed by atoms with Gasteiger partial charge in [-0.1, -0.05) is 23.7 Å². The summed E-state index contributed by atoms with van der Waals surface area (Å²) in [7, 11) is -1.11. The van der Waals surface area contributed by atoms with E-state index < -0.39 is 9.84 Å². The lowest BCUT2D eigenvalue weighted by atomic mass is 10.0. The summed E-state index contributed by atoms with van der Waals surface area (Å²) in [5.41, 5.74) is 2.04. The van der Waals surface area contributed by atoms with Gasteiger partial charge in [0.05, 0.1) is 5.75 Å². The number of aryl methyl sites for hydroxylation is 1. The normalized spacial score (nSPS) is 13.6. The minimum Gasteiger partial charge on any atom is -0.313 e. The van der Waals surface area contributed by atoms with Crippen LogP contribution in [0.15, 0.2) is 18.2 Å². The molecule has 0 bridgehead atoms. The molecule has 0 aliphatic rings. The average Bonchev–Trinajstić information content (AvgIpc) is 2.22. The average molecular weight is 276 g/mol. The molecule has 1 N–H and O–H groups in total. The second kappa shape index (κ2) is 5.85. The predicted molar refractivity (Wildman–Crippen MR) is 72.3 cm³/mol. The fourth-order valence-electron chi connectivity index (χ4n) is 1.64. The van der Waals surface area contributed by atoms with Crippen LogP contribution in [0.3, 0.4) is 0 Å². The van der Waals surface area contributed by atoms with E-state index in [4.69, 9.17) is 11.6 Å². The van der Waals surface area contributed by atoms with Crippen molar-refractivity contribution in [3.8, 4) is 0 Å². The van der Waals surface area contributed by atoms with E-state index >= 15 is 0 Å². The van der Waals surface area contributed by atoms with E-state index in [0.717, 1.165) is 11.1 Å². The maximum atomic E-state index is 11.2. The monoisotopic (exact) mass is 275 g/mol. The zero-order valence-corrected chi connectivity index (χ0v) is 11.9. The third-order valence-electron chi connectivity index (χ3n) is 2.72. The molecule has 0 aliphatic heterocycles. The van der Waals surface area contributed by atoms with Crippen LogP contribution in [0, 0.1) is 6.92 Å². The second-order valence-corrected chi connectivity index (χ2v) is 6.94. The van der Waals surface area contributed by atoms with Gasteiger partial charge in [0.25, 0.3) is 0 Å². The van der Waals surface area contributed by atoms with Gasteiger partial charge in [0.15, 0.2) is 0 Å². The van der Waals surface area contributed by atoms with Gasteiger partial charge in [-0.25, -0.2) is 8.42 Å². The Bertz CT molecular complexity index is 485. The van der Waals surface area contributed by atoms with Gasteiger partial charge < -0.3 is 5.32 Å². The third-order valence-corrected chi connectivity index (χ3v) is 4.11. The summed E-state index contributed by atoms with van der Waals surface area (Å²) in [6.45, 7) is 1.94. The summed E-state index contributed by atoms with van der Waals surface area (Å²) < 4.78 is 22.3. The maximum absolute atomic E-state index is 11.2. The molecule has 0 amide bonds. The molecule has 0 spiro atoms. The molecular formula is C12H18ClNO2S. The van der Waals surface area contributed by atoms with Crippen LogP contribution in [0.5, 0.6) is 0 Å². The summed E-state index contributed by atoms with van der Waals surface area (Å²) in [4.78, 5) is 0. The van der Waals surface area contributed by atoms with Gasteiger partial charge in [0, 0.05) is 17.3 Å². The highest BCUT2D eigenvalue weighted by atomic mass is 35.5. The lowest BCUT2D eigenvalue weighted by Gasteiger charge is -2.16. The SMILES string of the molecule is CNC(CCS(C)(=O)=O)c1ccc(C)c(Cl)c1. The summed E-state index contributed by atoms with van der Waals surface area (Å²) in [6.07, 6.45) is 1.80. The molecule has 0 aliphatic carbocycles. The summed E-state index contributed by atoms with van der Waals surface area (Å²) in [5, 5.41) is 3.82. The molecule has 0 saturated carbocycles. The molecule has 5 heteroatoms. The Hall–Kier alpha value is -0.580. The quantitative estimate of drug-likeness (QED) is 0.897. The first-order valence-electron chi connectivity index (χ1n) is 5.44. The van der Waals surface area contributed by atoms with Crippen molar-refractivity contribution in [3.63, 3.8) is 0 Å². The number of rotatable bonds is 5. The van der Waals surface area contributed by atoms with Crippen molar-refractivity contribution in [2.24, 2.45) is 0 Å². The number of halogens is 1. The highest BCUT2D eigenvalue weighted by Crippen LogP contribution is 2.23. The van der Waals surface area contributed by atoms with Crippen LogP contribution in [0.1, 0.15) is 23.6 Å². The van der Waals surface area contributed by atoms with Crippen LogP contribution >= 0.6 is 11.6 Å². The minimum atomic E-state index is -2.93. The lowest BCUT2D eigenvalue weighted by molar-refractivity contribution is 0.559. The van der Waals surface area contributed by atoms with Gasteiger partial charge in [0.1, 0.15) is 9.84 Å². The van der Waals surface area contributed by atoms with Crippen molar-refractivity contribution in [2.75, 3.05) is 19.1 Å². The lowest BCUT2D eigenvalue weighted by Crippen LogP contribution is -2.20. The van der Waals surface area contributed by atoms with Crippen molar-refractivity contribution in [2.45, 2.75) is 19.4 Å². The standard InChI is InChI=1S/C12H18ClNO2S/c1-9-4-5-10(8-11(9)13)12(14-2)6-7-17(3,15)16/h4-5,8,12,14H,6-7H2,1-3H3. The Morgan fingerprint density at radius 3 is 2.53 bits per heavy atom. The number of nitrogens with one attached hydrogen (secondary N) is 1. The van der Waals surface area contributed by atoms with Crippen LogP contribution in [0.4, 0.5) is 0 Å². The van der Waals surface area contributed by atoms with Gasteiger partial charge in [-0.15, -0.1) is 0 Å². The van der Waals surface area contributed by atoms with Crippen LogP contribution in [0.25, 0.3) is 0 Å². The Morgan fingerprint density at radius 2 is 2.06 bits per heavy atom. The van der Waals surface area contributed by atoms with Crippen LogP contribution in [0.2, 0.25) is 5.02 Å². The number of hydrogen-bond donors (Lipinski definition) is 1. The third kappa shape index (κ3) is 4.66. The second-order valence-electron chi connectivity index (χ2n) is 4.27. The maximum Gasteiger partial charge on any atom is 0.147 e. The molecule has 0 heterocycles. The summed E-state index contributed by atoms with van der Waals surface area (Å²) >= 11 is 6.06. The number of hydrogen-bond acceptors (Lipinski definition) is 3. The molecule has 1 atom stereocenters. The molecule has 0 aromatic heterocycles. The van der Waals surface area contributed by atoms with E-state index in [0.29, 0.717) is 11.4 Å². The molecule has 1 aromatic carbocycles. The fourth-order valence-corrected chi connectivity index (χ4v) is 2.49. The molecule has 0 fully saturated rings.